The van der Waals surface area contributed by atoms with Crippen molar-refractivity contribution in [2.24, 2.45) is 0 Å². The molecule has 0 aliphatic heterocycles. The summed E-state index contributed by atoms with van der Waals surface area (Å²) in [7, 11) is 0. The van der Waals surface area contributed by atoms with E-state index in [4.69, 9.17) is 0 Å². The van der Waals surface area contributed by atoms with Crippen LogP contribution in [0.4, 0.5) is 0 Å². The SMILES string of the molecule is Cc1nc(SC(C)C(=O)NC2CCCCC2)n[nH]1. The molecule has 0 saturated heterocycles. The van der Waals surface area contributed by atoms with Crippen LogP contribution in [0.2, 0.25) is 0 Å². The van der Waals surface area contributed by atoms with Gasteiger partial charge >= 0.3 is 0 Å². The molecule has 1 unspecified atom stereocenters. The summed E-state index contributed by atoms with van der Waals surface area (Å²) >= 11 is 1.40. The quantitative estimate of drug-likeness (QED) is 0.820. The van der Waals surface area contributed by atoms with Crippen LogP contribution in [0.1, 0.15) is 44.9 Å². The van der Waals surface area contributed by atoms with Crippen LogP contribution in [0.25, 0.3) is 0 Å². The third-order valence-electron chi connectivity index (χ3n) is 3.18. The number of aryl methyl sites for hydroxylation is 1. The summed E-state index contributed by atoms with van der Waals surface area (Å²) in [6.45, 7) is 3.75. The van der Waals surface area contributed by atoms with E-state index in [2.05, 4.69) is 20.5 Å². The highest BCUT2D eigenvalue weighted by molar-refractivity contribution is 8.00. The fraction of sp³-hybridized carbons (Fsp3) is 0.750. The zero-order chi connectivity index (χ0) is 13.0. The molecular weight excluding hydrogens is 248 g/mol. The first-order valence-corrected chi connectivity index (χ1v) is 7.39. The van der Waals surface area contributed by atoms with Gasteiger partial charge in [-0.15, -0.1) is 5.10 Å². The van der Waals surface area contributed by atoms with Crippen molar-refractivity contribution in [2.75, 3.05) is 0 Å². The number of aromatic amines is 1. The average molecular weight is 268 g/mol. The molecule has 1 aliphatic rings. The number of rotatable bonds is 4. The molecule has 1 heterocycles. The van der Waals surface area contributed by atoms with Gasteiger partial charge in [-0.2, -0.15) is 0 Å². The van der Waals surface area contributed by atoms with Gasteiger partial charge in [0.1, 0.15) is 5.82 Å². The normalized spacial score (nSPS) is 18.6. The van der Waals surface area contributed by atoms with Gasteiger partial charge in [-0.3, -0.25) is 9.89 Å². The number of nitrogens with one attached hydrogen (secondary N) is 2. The van der Waals surface area contributed by atoms with Gasteiger partial charge in [0.2, 0.25) is 11.1 Å². The Balaban J connectivity index is 1.80. The van der Waals surface area contributed by atoms with E-state index in [0.717, 1.165) is 18.7 Å². The van der Waals surface area contributed by atoms with Crippen molar-refractivity contribution in [1.29, 1.82) is 0 Å². The maximum absolute atomic E-state index is 12.0. The monoisotopic (exact) mass is 268 g/mol. The summed E-state index contributed by atoms with van der Waals surface area (Å²) in [6, 6.07) is 0.364. The summed E-state index contributed by atoms with van der Waals surface area (Å²) in [6.07, 6.45) is 5.98. The van der Waals surface area contributed by atoms with Crippen molar-refractivity contribution in [1.82, 2.24) is 20.5 Å². The van der Waals surface area contributed by atoms with E-state index in [1.165, 1.54) is 31.0 Å². The van der Waals surface area contributed by atoms with Crippen molar-refractivity contribution in [3.8, 4) is 0 Å². The maximum atomic E-state index is 12.0. The number of thioether (sulfide) groups is 1. The first kappa shape index (κ1) is 13.4. The lowest BCUT2D eigenvalue weighted by Crippen LogP contribution is -2.40. The molecule has 1 atom stereocenters. The zero-order valence-corrected chi connectivity index (χ0v) is 11.7. The topological polar surface area (TPSA) is 70.7 Å². The Hall–Kier alpha value is -1.04. The van der Waals surface area contributed by atoms with Crippen LogP contribution in [0.3, 0.4) is 0 Å². The second-order valence-electron chi connectivity index (χ2n) is 4.81. The summed E-state index contributed by atoms with van der Waals surface area (Å²) < 4.78 is 0. The van der Waals surface area contributed by atoms with Crippen molar-refractivity contribution < 1.29 is 4.79 Å². The first-order valence-electron chi connectivity index (χ1n) is 6.51. The van der Waals surface area contributed by atoms with Gasteiger partial charge in [-0.25, -0.2) is 4.98 Å². The fourth-order valence-corrected chi connectivity index (χ4v) is 2.93. The largest absolute Gasteiger partial charge is 0.352 e. The van der Waals surface area contributed by atoms with Crippen molar-refractivity contribution >= 4 is 17.7 Å². The third-order valence-corrected chi connectivity index (χ3v) is 4.14. The lowest BCUT2D eigenvalue weighted by molar-refractivity contribution is -0.121. The molecule has 1 aromatic rings. The number of amides is 1. The Kier molecular flexibility index (Phi) is 4.63. The maximum Gasteiger partial charge on any atom is 0.233 e. The molecule has 2 N–H and O–H groups in total. The first-order chi connectivity index (χ1) is 8.65. The van der Waals surface area contributed by atoms with E-state index in [-0.39, 0.29) is 11.2 Å². The van der Waals surface area contributed by atoms with E-state index < -0.39 is 0 Å². The number of H-pyrrole nitrogens is 1. The molecule has 2 rings (SSSR count). The van der Waals surface area contributed by atoms with Crippen LogP contribution in [-0.4, -0.2) is 32.4 Å². The van der Waals surface area contributed by atoms with Gasteiger partial charge in [0.05, 0.1) is 5.25 Å². The molecule has 6 heteroatoms. The van der Waals surface area contributed by atoms with Crippen LogP contribution in [0.15, 0.2) is 5.16 Å². The minimum atomic E-state index is -0.151. The number of hydrogen-bond acceptors (Lipinski definition) is 4. The minimum absolute atomic E-state index is 0.0920. The molecule has 1 saturated carbocycles. The highest BCUT2D eigenvalue weighted by Crippen LogP contribution is 2.21. The summed E-state index contributed by atoms with van der Waals surface area (Å²) in [5.41, 5.74) is 0. The number of carbonyl (C=O) groups is 1. The van der Waals surface area contributed by atoms with Crippen LogP contribution in [0, 0.1) is 6.92 Å². The molecule has 1 aliphatic carbocycles. The van der Waals surface area contributed by atoms with Gasteiger partial charge in [0.25, 0.3) is 0 Å². The standard InChI is InChI=1S/C12H20N4OS/c1-8(18-12-13-9(2)15-16-12)11(17)14-10-6-4-3-5-7-10/h8,10H,3-7H2,1-2H3,(H,14,17)(H,13,15,16). The molecule has 100 valence electrons. The van der Waals surface area contributed by atoms with Gasteiger partial charge in [-0.1, -0.05) is 31.0 Å². The number of carbonyl (C=O) groups excluding carboxylic acids is 1. The summed E-state index contributed by atoms with van der Waals surface area (Å²) in [4.78, 5) is 16.2. The fourth-order valence-electron chi connectivity index (χ4n) is 2.15. The van der Waals surface area contributed by atoms with Gasteiger partial charge in [0.15, 0.2) is 0 Å². The molecule has 1 fully saturated rings. The average Bonchev–Trinajstić information content (AvgIpc) is 2.76. The van der Waals surface area contributed by atoms with E-state index in [1.54, 1.807) is 0 Å². The van der Waals surface area contributed by atoms with E-state index in [9.17, 15) is 4.79 Å². The lowest BCUT2D eigenvalue weighted by Gasteiger charge is -2.24. The van der Waals surface area contributed by atoms with Gasteiger partial charge in [0, 0.05) is 6.04 Å². The highest BCUT2D eigenvalue weighted by Gasteiger charge is 2.21. The minimum Gasteiger partial charge on any atom is -0.352 e. The molecular formula is C12H20N4OS. The number of hydrogen-bond donors (Lipinski definition) is 2. The second-order valence-corrected chi connectivity index (χ2v) is 6.11. The van der Waals surface area contributed by atoms with Gasteiger partial charge < -0.3 is 5.32 Å². The van der Waals surface area contributed by atoms with E-state index in [1.807, 2.05) is 13.8 Å². The Labute approximate surface area is 112 Å². The second kappa shape index (κ2) is 6.22. The molecule has 1 aromatic heterocycles. The molecule has 0 bridgehead atoms. The van der Waals surface area contributed by atoms with Gasteiger partial charge in [-0.05, 0) is 26.7 Å². The molecule has 0 aromatic carbocycles. The van der Waals surface area contributed by atoms with E-state index >= 15 is 0 Å². The molecule has 1 amide bonds. The van der Waals surface area contributed by atoms with Crippen molar-refractivity contribution in [3.63, 3.8) is 0 Å². The van der Waals surface area contributed by atoms with Crippen molar-refractivity contribution in [2.45, 2.75) is 62.4 Å². The Morgan fingerprint density at radius 2 is 2.17 bits per heavy atom. The van der Waals surface area contributed by atoms with Crippen LogP contribution < -0.4 is 5.32 Å². The van der Waals surface area contributed by atoms with Crippen molar-refractivity contribution in [3.05, 3.63) is 5.82 Å². The van der Waals surface area contributed by atoms with Crippen LogP contribution in [0.5, 0.6) is 0 Å². The number of aromatic nitrogens is 3. The third kappa shape index (κ3) is 3.73. The summed E-state index contributed by atoms with van der Waals surface area (Å²) in [5.74, 6) is 0.867. The Bertz CT molecular complexity index is 401. The Morgan fingerprint density at radius 1 is 1.44 bits per heavy atom. The highest BCUT2D eigenvalue weighted by atomic mass is 32.2. The Morgan fingerprint density at radius 3 is 2.78 bits per heavy atom. The smallest absolute Gasteiger partial charge is 0.233 e. The van der Waals surface area contributed by atoms with Crippen LogP contribution in [-0.2, 0) is 4.79 Å². The van der Waals surface area contributed by atoms with Crippen LogP contribution >= 0.6 is 11.8 Å². The molecule has 5 nitrogen and oxygen atoms in total. The predicted molar refractivity (Wildman–Crippen MR) is 71.5 cm³/mol. The summed E-state index contributed by atoms with van der Waals surface area (Å²) in [5, 5.41) is 10.4. The zero-order valence-electron chi connectivity index (χ0n) is 10.9. The van der Waals surface area contributed by atoms with E-state index in [0.29, 0.717) is 11.2 Å². The molecule has 18 heavy (non-hydrogen) atoms. The molecule has 0 radical (unpaired) electrons. The molecule has 0 spiro atoms. The predicted octanol–water partition coefficient (Wildman–Crippen LogP) is 2.04. The number of nitrogens with zero attached hydrogens (tertiary/aromatic N) is 2. The lowest BCUT2D eigenvalue weighted by atomic mass is 9.95.